The van der Waals surface area contributed by atoms with Crippen LogP contribution in [0.3, 0.4) is 0 Å². The van der Waals surface area contributed by atoms with Crippen molar-refractivity contribution in [2.45, 2.75) is 16.6 Å². The minimum absolute atomic E-state index is 0.544. The number of nitrogens with one attached hydrogen (secondary N) is 1. The van der Waals surface area contributed by atoms with Crippen molar-refractivity contribution in [3.8, 4) is 0 Å². The molecule has 0 aliphatic carbocycles. The average Bonchev–Trinajstić information content (AvgIpc) is 3.28. The summed E-state index contributed by atoms with van der Waals surface area (Å²) in [5.41, 5.74) is 4.52. The molecular weight excluding hydrogens is 332 g/mol. The maximum absolute atomic E-state index is 3.46. The van der Waals surface area contributed by atoms with Crippen molar-refractivity contribution >= 4 is 38.9 Å². The molecule has 4 heteroatoms. The molecule has 3 heterocycles. The Kier molecular flexibility index (Phi) is 3.77. The molecule has 2 aliphatic rings. The van der Waals surface area contributed by atoms with Gasteiger partial charge in [-0.25, -0.2) is 0 Å². The first-order chi connectivity index (χ1) is 11.9. The van der Waals surface area contributed by atoms with Crippen LogP contribution in [0.4, 0.5) is 5.69 Å². The van der Waals surface area contributed by atoms with Crippen molar-refractivity contribution in [1.29, 1.82) is 0 Å². The highest BCUT2D eigenvalue weighted by molar-refractivity contribution is 7.99. The van der Waals surface area contributed by atoms with Gasteiger partial charge in [-0.15, -0.1) is 23.1 Å². The number of thiophene rings is 1. The van der Waals surface area contributed by atoms with E-state index in [9.17, 15) is 0 Å². The van der Waals surface area contributed by atoms with Crippen LogP contribution in [0.15, 0.2) is 52.7 Å². The molecule has 1 aromatic heterocycles. The van der Waals surface area contributed by atoms with Gasteiger partial charge in [0.05, 0.1) is 0 Å². The van der Waals surface area contributed by atoms with Crippen LogP contribution in [0.2, 0.25) is 0 Å². The van der Waals surface area contributed by atoms with Gasteiger partial charge in [0.15, 0.2) is 0 Å². The second-order valence-electron chi connectivity index (χ2n) is 6.48. The Labute approximate surface area is 150 Å². The van der Waals surface area contributed by atoms with Gasteiger partial charge in [0.1, 0.15) is 0 Å². The van der Waals surface area contributed by atoms with E-state index in [0.29, 0.717) is 5.25 Å². The number of piperazine rings is 1. The average molecular weight is 353 g/mol. The highest BCUT2D eigenvalue weighted by atomic mass is 32.2. The number of hydrogen-bond donors (Lipinski definition) is 1. The topological polar surface area (TPSA) is 15.3 Å². The molecule has 1 fully saturated rings. The van der Waals surface area contributed by atoms with Crippen LogP contribution in [-0.2, 0) is 6.42 Å². The van der Waals surface area contributed by atoms with Crippen LogP contribution < -0.4 is 10.2 Å². The largest absolute Gasteiger partial charge is 0.369 e. The first-order valence-corrected chi connectivity index (χ1v) is 10.4. The summed E-state index contributed by atoms with van der Waals surface area (Å²) in [4.78, 5) is 4.03. The lowest BCUT2D eigenvalue weighted by Crippen LogP contribution is -2.43. The molecule has 0 saturated carbocycles. The Balaban J connectivity index is 1.51. The van der Waals surface area contributed by atoms with Gasteiger partial charge >= 0.3 is 0 Å². The minimum Gasteiger partial charge on any atom is -0.369 e. The van der Waals surface area contributed by atoms with E-state index in [1.165, 1.54) is 26.2 Å². The first-order valence-electron chi connectivity index (χ1n) is 8.60. The molecule has 2 aromatic carbocycles. The fourth-order valence-corrected chi connectivity index (χ4v) is 6.12. The molecule has 2 aliphatic heterocycles. The molecule has 122 valence electrons. The fourth-order valence-electron chi connectivity index (χ4n) is 3.92. The molecule has 1 N–H and O–H groups in total. The summed E-state index contributed by atoms with van der Waals surface area (Å²) in [6, 6.07) is 15.9. The third kappa shape index (κ3) is 2.44. The molecule has 0 bridgehead atoms. The first kappa shape index (κ1) is 14.8. The van der Waals surface area contributed by atoms with Gasteiger partial charge in [0.25, 0.3) is 0 Å². The summed E-state index contributed by atoms with van der Waals surface area (Å²) in [7, 11) is 0. The molecule has 1 saturated heterocycles. The van der Waals surface area contributed by atoms with Crippen LogP contribution in [0.25, 0.3) is 10.1 Å². The van der Waals surface area contributed by atoms with Gasteiger partial charge in [-0.2, -0.15) is 0 Å². The molecule has 2 nitrogen and oxygen atoms in total. The third-order valence-corrected chi connectivity index (χ3v) is 7.32. The van der Waals surface area contributed by atoms with Crippen LogP contribution in [0.5, 0.6) is 0 Å². The monoisotopic (exact) mass is 352 g/mol. The molecule has 24 heavy (non-hydrogen) atoms. The van der Waals surface area contributed by atoms with Crippen molar-refractivity contribution in [2.75, 3.05) is 31.1 Å². The summed E-state index contributed by atoms with van der Waals surface area (Å²) in [5.74, 6) is 0. The number of anilines is 1. The van der Waals surface area contributed by atoms with Crippen LogP contribution in [-0.4, -0.2) is 26.2 Å². The summed E-state index contributed by atoms with van der Waals surface area (Å²) in [6.45, 7) is 4.42. The normalized spacial score (nSPS) is 20.5. The molecule has 0 amide bonds. The zero-order valence-electron chi connectivity index (χ0n) is 13.5. The van der Waals surface area contributed by atoms with E-state index in [-0.39, 0.29) is 0 Å². The lowest BCUT2D eigenvalue weighted by atomic mass is 10.00. The summed E-state index contributed by atoms with van der Waals surface area (Å²) < 4.78 is 1.41. The molecule has 0 radical (unpaired) electrons. The van der Waals surface area contributed by atoms with Crippen molar-refractivity contribution in [1.82, 2.24) is 5.32 Å². The Hall–Kier alpha value is -1.49. The molecule has 0 spiro atoms. The predicted molar refractivity (Wildman–Crippen MR) is 106 cm³/mol. The van der Waals surface area contributed by atoms with E-state index in [0.717, 1.165) is 32.6 Å². The summed E-state index contributed by atoms with van der Waals surface area (Å²) in [6.07, 6.45) is 1.15. The van der Waals surface area contributed by atoms with E-state index in [1.807, 2.05) is 23.1 Å². The van der Waals surface area contributed by atoms with Crippen molar-refractivity contribution < 1.29 is 0 Å². The number of nitrogens with zero attached hydrogens (tertiary/aromatic N) is 1. The number of fused-ring (bicyclic) bond motifs is 2. The molecule has 1 atom stereocenters. The Morgan fingerprint density at radius 2 is 1.88 bits per heavy atom. The van der Waals surface area contributed by atoms with E-state index in [4.69, 9.17) is 0 Å². The van der Waals surface area contributed by atoms with Gasteiger partial charge in [0, 0.05) is 46.7 Å². The smallest absolute Gasteiger partial charge is 0.0411 e. The Morgan fingerprint density at radius 3 is 2.79 bits per heavy atom. The molecular formula is C20H20N2S2. The fraction of sp³-hybridized carbons (Fsp3) is 0.300. The van der Waals surface area contributed by atoms with Crippen LogP contribution in [0.1, 0.15) is 16.4 Å². The number of thioether (sulfide) groups is 1. The maximum Gasteiger partial charge on any atom is 0.0411 e. The van der Waals surface area contributed by atoms with Crippen molar-refractivity contribution in [3.05, 3.63) is 59.0 Å². The van der Waals surface area contributed by atoms with E-state index >= 15 is 0 Å². The predicted octanol–water partition coefficient (Wildman–Crippen LogP) is 4.70. The SMILES string of the molecule is c1cc2c(c(N3CCNCC3)c1)CC(c1cccc3sccc13)S2. The van der Waals surface area contributed by atoms with Gasteiger partial charge in [-0.05, 0) is 52.6 Å². The minimum atomic E-state index is 0.544. The summed E-state index contributed by atoms with van der Waals surface area (Å²) in [5, 5.41) is 7.66. The Morgan fingerprint density at radius 1 is 1.00 bits per heavy atom. The highest BCUT2D eigenvalue weighted by Crippen LogP contribution is 2.50. The van der Waals surface area contributed by atoms with Gasteiger partial charge in [-0.3, -0.25) is 0 Å². The van der Waals surface area contributed by atoms with Gasteiger partial charge in [0.2, 0.25) is 0 Å². The van der Waals surface area contributed by atoms with E-state index in [2.05, 4.69) is 58.1 Å². The number of benzene rings is 2. The van der Waals surface area contributed by atoms with Crippen LogP contribution >= 0.6 is 23.1 Å². The molecule has 1 unspecified atom stereocenters. The van der Waals surface area contributed by atoms with Gasteiger partial charge in [-0.1, -0.05) is 18.2 Å². The second-order valence-corrected chi connectivity index (χ2v) is 8.67. The van der Waals surface area contributed by atoms with Crippen molar-refractivity contribution in [3.63, 3.8) is 0 Å². The number of rotatable bonds is 2. The third-order valence-electron chi connectivity index (χ3n) is 5.10. The zero-order chi connectivity index (χ0) is 15.9. The maximum atomic E-state index is 3.46. The lowest BCUT2D eigenvalue weighted by Gasteiger charge is -2.31. The quantitative estimate of drug-likeness (QED) is 0.720. The summed E-state index contributed by atoms with van der Waals surface area (Å²) >= 11 is 3.89. The lowest BCUT2D eigenvalue weighted by molar-refractivity contribution is 0.587. The van der Waals surface area contributed by atoms with E-state index in [1.54, 1.807) is 5.56 Å². The number of hydrogen-bond acceptors (Lipinski definition) is 4. The standard InChI is InChI=1S/C20H20N2S2/c1-3-14(15-7-12-23-18(15)5-1)20-13-16-17(4-2-6-19(16)24-20)22-10-8-21-9-11-22/h1-7,12,20-21H,8-11,13H2. The van der Waals surface area contributed by atoms with Crippen molar-refractivity contribution in [2.24, 2.45) is 0 Å². The van der Waals surface area contributed by atoms with E-state index < -0.39 is 0 Å². The molecule has 3 aromatic rings. The zero-order valence-corrected chi connectivity index (χ0v) is 15.1. The van der Waals surface area contributed by atoms with Crippen LogP contribution in [0, 0.1) is 0 Å². The highest BCUT2D eigenvalue weighted by Gasteiger charge is 2.28. The van der Waals surface area contributed by atoms with Gasteiger partial charge < -0.3 is 10.2 Å². The second kappa shape index (κ2) is 6.10. The Bertz CT molecular complexity index is 880. The molecule has 5 rings (SSSR count).